The first-order valence-electron chi connectivity index (χ1n) is 9.46. The van der Waals surface area contributed by atoms with E-state index in [1.165, 1.54) is 18.2 Å². The Hall–Kier alpha value is -2.64. The second-order valence-electron chi connectivity index (χ2n) is 7.55. The van der Waals surface area contributed by atoms with Crippen molar-refractivity contribution in [3.8, 4) is 5.75 Å². The van der Waals surface area contributed by atoms with Crippen LogP contribution in [0.1, 0.15) is 36.5 Å². The Morgan fingerprint density at radius 2 is 1.10 bits per heavy atom. The Morgan fingerprint density at radius 1 is 0.667 bits per heavy atom. The van der Waals surface area contributed by atoms with Gasteiger partial charge in [0, 0.05) is 0 Å². The molecule has 30 heavy (non-hydrogen) atoms. The van der Waals surface area contributed by atoms with Crippen LogP contribution in [0.2, 0.25) is 0 Å². The third-order valence-corrected chi connectivity index (χ3v) is 8.97. The molecule has 0 aliphatic heterocycles. The largest absolute Gasteiger partial charge is 0.507 e. The van der Waals surface area contributed by atoms with Crippen molar-refractivity contribution in [3.05, 3.63) is 77.4 Å². The van der Waals surface area contributed by atoms with Crippen LogP contribution in [0.15, 0.2) is 80.2 Å². The van der Waals surface area contributed by atoms with Crippen molar-refractivity contribution in [3.63, 3.8) is 0 Å². The van der Waals surface area contributed by atoms with E-state index in [-0.39, 0.29) is 20.6 Å². The molecule has 7 heteroatoms. The number of hydrogen-bond donors (Lipinski definition) is 1. The van der Waals surface area contributed by atoms with E-state index in [1.54, 1.807) is 64.1 Å². The van der Waals surface area contributed by atoms with Gasteiger partial charge in [0.15, 0.2) is 0 Å². The molecule has 0 saturated carbocycles. The van der Waals surface area contributed by atoms with E-state index in [0.717, 1.165) is 6.07 Å². The zero-order chi connectivity index (χ0) is 22.3. The normalized spacial score (nSPS) is 12.3. The molecule has 1 N–H and O–H groups in total. The first-order chi connectivity index (χ1) is 14.0. The predicted octanol–water partition coefficient (Wildman–Crippen LogP) is 4.80. The molecule has 0 unspecified atom stereocenters. The minimum atomic E-state index is -4.13. The van der Waals surface area contributed by atoms with Crippen molar-refractivity contribution in [2.24, 2.45) is 0 Å². The molecule has 0 aliphatic carbocycles. The maximum Gasteiger partial charge on any atom is 0.210 e. The van der Waals surface area contributed by atoms with Gasteiger partial charge in [-0.3, -0.25) is 0 Å². The summed E-state index contributed by atoms with van der Waals surface area (Å²) in [5, 5.41) is 10.6. The molecule has 0 aromatic heterocycles. The lowest BCUT2D eigenvalue weighted by Gasteiger charge is -2.18. The zero-order valence-corrected chi connectivity index (χ0v) is 18.9. The molecule has 0 saturated heterocycles. The molecule has 3 aromatic carbocycles. The highest BCUT2D eigenvalue weighted by Crippen LogP contribution is 2.38. The van der Waals surface area contributed by atoms with E-state index in [4.69, 9.17) is 0 Å². The monoisotopic (exact) mass is 444 g/mol. The number of sulfone groups is 2. The zero-order valence-electron chi connectivity index (χ0n) is 17.2. The third-order valence-electron chi connectivity index (χ3n) is 5.06. The molecule has 0 amide bonds. The van der Waals surface area contributed by atoms with Crippen LogP contribution >= 0.6 is 0 Å². The Balaban J connectivity index is 2.35. The molecule has 3 aromatic rings. The summed E-state index contributed by atoms with van der Waals surface area (Å²) in [6.07, 6.45) is 0. The Bertz CT molecular complexity index is 1320. The van der Waals surface area contributed by atoms with Gasteiger partial charge in [-0.05, 0) is 60.7 Å². The van der Waals surface area contributed by atoms with Crippen LogP contribution in [0.25, 0.3) is 0 Å². The van der Waals surface area contributed by atoms with Gasteiger partial charge in [0.2, 0.25) is 19.7 Å². The minimum Gasteiger partial charge on any atom is -0.507 e. The van der Waals surface area contributed by atoms with Crippen LogP contribution in [0, 0.1) is 13.8 Å². The molecule has 0 atom stereocenters. The predicted molar refractivity (Wildman–Crippen MR) is 115 cm³/mol. The van der Waals surface area contributed by atoms with E-state index in [0.29, 0.717) is 16.7 Å². The summed E-state index contributed by atoms with van der Waals surface area (Å²) in [6, 6.07) is 15.3. The Morgan fingerprint density at radius 3 is 1.53 bits per heavy atom. The number of phenolic OH excluding ortho intramolecular Hbond substituents is 1. The minimum absolute atomic E-state index is 0.0248. The average Bonchev–Trinajstić information content (AvgIpc) is 2.67. The highest BCUT2D eigenvalue weighted by Gasteiger charge is 2.30. The van der Waals surface area contributed by atoms with Crippen LogP contribution in [-0.4, -0.2) is 21.9 Å². The van der Waals surface area contributed by atoms with Crippen LogP contribution in [0.5, 0.6) is 5.75 Å². The molecule has 5 nitrogen and oxygen atoms in total. The van der Waals surface area contributed by atoms with Crippen LogP contribution < -0.4 is 0 Å². The maximum absolute atomic E-state index is 13.5. The quantitative estimate of drug-likeness (QED) is 0.611. The second kappa shape index (κ2) is 7.89. The van der Waals surface area contributed by atoms with Crippen molar-refractivity contribution in [1.29, 1.82) is 0 Å². The molecule has 0 spiro atoms. The lowest BCUT2D eigenvalue weighted by atomic mass is 10.0. The van der Waals surface area contributed by atoms with Crippen molar-refractivity contribution in [2.75, 3.05) is 0 Å². The molecule has 158 valence electrons. The van der Waals surface area contributed by atoms with Gasteiger partial charge in [-0.15, -0.1) is 0 Å². The Kier molecular flexibility index (Phi) is 5.80. The van der Waals surface area contributed by atoms with Crippen LogP contribution in [0.3, 0.4) is 0 Å². The number of aromatic hydroxyl groups is 1. The van der Waals surface area contributed by atoms with Gasteiger partial charge in [0.1, 0.15) is 10.6 Å². The number of rotatable bonds is 5. The van der Waals surface area contributed by atoms with E-state index >= 15 is 0 Å². The molecule has 0 bridgehead atoms. The lowest BCUT2D eigenvalue weighted by Crippen LogP contribution is -2.11. The first-order valence-corrected chi connectivity index (χ1v) is 12.4. The molecule has 3 rings (SSSR count). The third kappa shape index (κ3) is 3.75. The standard InChI is InChI=1S/C23H24O5S2/c1-15(2)18-13-19(24)23(30(27,28)21-12-8-6-10-17(21)4)14-22(18)29(25,26)20-11-7-5-9-16(20)3/h5-15,24H,1-4H3. The highest BCUT2D eigenvalue weighted by molar-refractivity contribution is 7.92. The van der Waals surface area contributed by atoms with E-state index < -0.39 is 30.3 Å². The van der Waals surface area contributed by atoms with Gasteiger partial charge in [0.25, 0.3) is 0 Å². The fourth-order valence-corrected chi connectivity index (χ4v) is 6.95. The first kappa shape index (κ1) is 22.1. The van der Waals surface area contributed by atoms with Gasteiger partial charge < -0.3 is 5.11 Å². The van der Waals surface area contributed by atoms with Crippen molar-refractivity contribution >= 4 is 19.7 Å². The summed E-state index contributed by atoms with van der Waals surface area (Å²) >= 11 is 0. The van der Waals surface area contributed by atoms with E-state index in [1.807, 2.05) is 0 Å². The topological polar surface area (TPSA) is 88.5 Å². The summed E-state index contributed by atoms with van der Waals surface area (Å²) in [5.41, 5.74) is 1.43. The summed E-state index contributed by atoms with van der Waals surface area (Å²) in [7, 11) is -8.15. The van der Waals surface area contributed by atoms with Crippen molar-refractivity contribution in [2.45, 2.75) is 53.2 Å². The average molecular weight is 445 g/mol. The fourth-order valence-electron chi connectivity index (χ4n) is 3.42. The Labute approximate surface area is 177 Å². The molecular weight excluding hydrogens is 420 g/mol. The summed E-state index contributed by atoms with van der Waals surface area (Å²) in [6.45, 7) is 6.92. The van der Waals surface area contributed by atoms with Gasteiger partial charge in [-0.1, -0.05) is 50.2 Å². The van der Waals surface area contributed by atoms with Crippen LogP contribution in [0.4, 0.5) is 0 Å². The summed E-state index contributed by atoms with van der Waals surface area (Å²) in [4.78, 5) is -0.404. The second-order valence-corrected chi connectivity index (χ2v) is 11.3. The van der Waals surface area contributed by atoms with E-state index in [2.05, 4.69) is 0 Å². The SMILES string of the molecule is Cc1ccccc1S(=O)(=O)c1cc(S(=O)(=O)c2ccccc2C)c(C(C)C)cc1O. The molecule has 0 radical (unpaired) electrons. The lowest BCUT2D eigenvalue weighted by molar-refractivity contribution is 0.456. The van der Waals surface area contributed by atoms with Gasteiger partial charge >= 0.3 is 0 Å². The molecule has 0 heterocycles. The molecular formula is C23H24O5S2. The van der Waals surface area contributed by atoms with Crippen LogP contribution in [-0.2, 0) is 19.7 Å². The van der Waals surface area contributed by atoms with Gasteiger partial charge in [-0.25, -0.2) is 16.8 Å². The number of hydrogen-bond acceptors (Lipinski definition) is 5. The van der Waals surface area contributed by atoms with Gasteiger partial charge in [-0.2, -0.15) is 0 Å². The number of phenols is 1. The molecule has 0 aliphatic rings. The van der Waals surface area contributed by atoms with Gasteiger partial charge in [0.05, 0.1) is 14.7 Å². The maximum atomic E-state index is 13.5. The fraction of sp³-hybridized carbons (Fsp3) is 0.217. The highest BCUT2D eigenvalue weighted by atomic mass is 32.2. The number of aryl methyl sites for hydroxylation is 2. The van der Waals surface area contributed by atoms with Crippen molar-refractivity contribution in [1.82, 2.24) is 0 Å². The smallest absolute Gasteiger partial charge is 0.210 e. The summed E-state index contributed by atoms with van der Waals surface area (Å²) < 4.78 is 53.6. The number of benzene rings is 3. The van der Waals surface area contributed by atoms with E-state index in [9.17, 15) is 21.9 Å². The van der Waals surface area contributed by atoms with Crippen molar-refractivity contribution < 1.29 is 21.9 Å². The molecule has 0 fully saturated rings. The summed E-state index contributed by atoms with van der Waals surface area (Å²) in [5.74, 6) is -0.717.